The molecule has 0 fully saturated rings. The number of non-ortho nitro benzene ring substituents is 1. The number of amides is 1. The van der Waals surface area contributed by atoms with Crippen molar-refractivity contribution < 1.29 is 19.6 Å². The van der Waals surface area contributed by atoms with Gasteiger partial charge >= 0.3 is 5.97 Å². The molecule has 0 heterocycles. The summed E-state index contributed by atoms with van der Waals surface area (Å²) in [6.45, 7) is 0.391. The monoisotopic (exact) mass is 295 g/mol. The number of aliphatic carboxylic acids is 1. The molecule has 0 aliphatic heterocycles. The van der Waals surface area contributed by atoms with Crippen LogP contribution < -0.4 is 11.1 Å². The van der Waals surface area contributed by atoms with Crippen molar-refractivity contribution in [3.05, 3.63) is 39.9 Å². The topological polar surface area (TPSA) is 136 Å². The number of carboxylic acid groups (broad SMARTS) is 1. The highest BCUT2D eigenvalue weighted by Gasteiger charge is 2.11. The molecule has 8 heteroatoms. The number of rotatable bonds is 8. The number of nitrogens with one attached hydrogen (secondary N) is 1. The highest BCUT2D eigenvalue weighted by molar-refractivity contribution is 5.94. The SMILES string of the molecule is NC(CCCCNC(=O)c1ccc([N+](=O)[O-])cc1)C(=O)O. The van der Waals surface area contributed by atoms with Gasteiger partial charge in [-0.05, 0) is 31.4 Å². The van der Waals surface area contributed by atoms with Gasteiger partial charge in [-0.3, -0.25) is 19.7 Å². The number of nitrogens with two attached hydrogens (primary N) is 1. The van der Waals surface area contributed by atoms with E-state index in [1.807, 2.05) is 0 Å². The Balaban J connectivity index is 2.31. The van der Waals surface area contributed by atoms with E-state index in [2.05, 4.69) is 5.32 Å². The standard InChI is InChI=1S/C13H17N3O5/c14-11(13(18)19)3-1-2-8-15-12(17)9-4-6-10(7-5-9)16(20)21/h4-7,11H,1-3,8,14H2,(H,15,17)(H,18,19). The Morgan fingerprint density at radius 1 is 1.29 bits per heavy atom. The predicted molar refractivity (Wildman–Crippen MR) is 74.9 cm³/mol. The Morgan fingerprint density at radius 3 is 2.43 bits per heavy atom. The van der Waals surface area contributed by atoms with Crippen molar-refractivity contribution in [2.75, 3.05) is 6.54 Å². The van der Waals surface area contributed by atoms with Gasteiger partial charge in [0, 0.05) is 24.2 Å². The highest BCUT2D eigenvalue weighted by atomic mass is 16.6. The zero-order valence-corrected chi connectivity index (χ0v) is 11.3. The molecule has 8 nitrogen and oxygen atoms in total. The normalized spacial score (nSPS) is 11.7. The average molecular weight is 295 g/mol. The van der Waals surface area contributed by atoms with Gasteiger partial charge in [-0.2, -0.15) is 0 Å². The summed E-state index contributed by atoms with van der Waals surface area (Å²) in [5.74, 6) is -1.36. The van der Waals surface area contributed by atoms with E-state index in [1.165, 1.54) is 24.3 Å². The smallest absolute Gasteiger partial charge is 0.320 e. The minimum atomic E-state index is -1.04. The molecule has 0 radical (unpaired) electrons. The van der Waals surface area contributed by atoms with Gasteiger partial charge in [0.25, 0.3) is 11.6 Å². The summed E-state index contributed by atoms with van der Waals surface area (Å²) in [7, 11) is 0. The Kier molecular flexibility index (Phi) is 6.28. The van der Waals surface area contributed by atoms with Gasteiger partial charge in [0.15, 0.2) is 0 Å². The van der Waals surface area contributed by atoms with Gasteiger partial charge in [-0.15, -0.1) is 0 Å². The van der Waals surface area contributed by atoms with Crippen LogP contribution in [-0.2, 0) is 4.79 Å². The van der Waals surface area contributed by atoms with Crippen LogP contribution in [-0.4, -0.2) is 34.5 Å². The largest absolute Gasteiger partial charge is 0.480 e. The van der Waals surface area contributed by atoms with Crippen LogP contribution in [0.4, 0.5) is 5.69 Å². The fourth-order valence-electron chi connectivity index (χ4n) is 1.65. The van der Waals surface area contributed by atoms with Crippen LogP contribution in [0.15, 0.2) is 24.3 Å². The van der Waals surface area contributed by atoms with Crippen molar-refractivity contribution in [2.24, 2.45) is 5.73 Å². The van der Waals surface area contributed by atoms with Crippen LogP contribution in [0, 0.1) is 10.1 Å². The molecule has 0 spiro atoms. The van der Waals surface area contributed by atoms with Gasteiger partial charge in [-0.25, -0.2) is 0 Å². The lowest BCUT2D eigenvalue weighted by molar-refractivity contribution is -0.384. The summed E-state index contributed by atoms with van der Waals surface area (Å²) < 4.78 is 0. The van der Waals surface area contributed by atoms with E-state index >= 15 is 0 Å². The van der Waals surface area contributed by atoms with Gasteiger partial charge in [0.05, 0.1) is 4.92 Å². The molecule has 114 valence electrons. The molecule has 1 aromatic rings. The van der Waals surface area contributed by atoms with Gasteiger partial charge in [-0.1, -0.05) is 0 Å². The summed E-state index contributed by atoms with van der Waals surface area (Å²) in [5.41, 5.74) is 5.61. The molecule has 1 rings (SSSR count). The summed E-state index contributed by atoms with van der Waals surface area (Å²) in [4.78, 5) is 32.2. The average Bonchev–Trinajstić information content (AvgIpc) is 2.46. The Hall–Kier alpha value is -2.48. The first kappa shape index (κ1) is 16.6. The summed E-state index contributed by atoms with van der Waals surface area (Å²) in [6, 6.07) is 4.42. The number of carbonyl (C=O) groups is 2. The van der Waals surface area contributed by atoms with Gasteiger partial charge in [0.1, 0.15) is 6.04 Å². The van der Waals surface area contributed by atoms with Crippen molar-refractivity contribution in [2.45, 2.75) is 25.3 Å². The number of benzene rings is 1. The van der Waals surface area contributed by atoms with Gasteiger partial charge < -0.3 is 16.2 Å². The lowest BCUT2D eigenvalue weighted by Crippen LogP contribution is -2.30. The van der Waals surface area contributed by atoms with Crippen molar-refractivity contribution >= 4 is 17.6 Å². The molecular weight excluding hydrogens is 278 g/mol. The Bertz CT molecular complexity index is 515. The molecule has 1 aromatic carbocycles. The third-order valence-electron chi connectivity index (χ3n) is 2.88. The number of carbonyl (C=O) groups excluding carboxylic acids is 1. The first-order valence-electron chi connectivity index (χ1n) is 6.43. The molecule has 0 aliphatic carbocycles. The minimum absolute atomic E-state index is 0.0748. The van der Waals surface area contributed by atoms with Gasteiger partial charge in [0.2, 0.25) is 0 Å². The van der Waals surface area contributed by atoms with E-state index in [-0.39, 0.29) is 11.6 Å². The second kappa shape index (κ2) is 7.95. The van der Waals surface area contributed by atoms with Crippen molar-refractivity contribution in [3.8, 4) is 0 Å². The molecule has 4 N–H and O–H groups in total. The van der Waals surface area contributed by atoms with E-state index in [0.29, 0.717) is 31.4 Å². The number of nitrogens with zero attached hydrogens (tertiary/aromatic N) is 1. The molecule has 0 saturated carbocycles. The van der Waals surface area contributed by atoms with Crippen molar-refractivity contribution in [3.63, 3.8) is 0 Å². The molecule has 1 amide bonds. The first-order valence-corrected chi connectivity index (χ1v) is 6.43. The third-order valence-corrected chi connectivity index (χ3v) is 2.88. The maximum Gasteiger partial charge on any atom is 0.320 e. The number of nitro benzene ring substituents is 1. The van der Waals surface area contributed by atoms with Crippen LogP contribution in [0.3, 0.4) is 0 Å². The van der Waals surface area contributed by atoms with E-state index in [1.54, 1.807) is 0 Å². The van der Waals surface area contributed by atoms with E-state index < -0.39 is 16.9 Å². The molecule has 0 bridgehead atoms. The van der Waals surface area contributed by atoms with Crippen LogP contribution in [0.1, 0.15) is 29.6 Å². The molecule has 0 aliphatic rings. The number of nitro groups is 1. The fourth-order valence-corrected chi connectivity index (χ4v) is 1.65. The fraction of sp³-hybridized carbons (Fsp3) is 0.385. The quantitative estimate of drug-likeness (QED) is 0.370. The first-order chi connectivity index (χ1) is 9.91. The molecule has 0 saturated heterocycles. The molecule has 1 atom stereocenters. The number of hydrogen-bond donors (Lipinski definition) is 3. The number of carboxylic acids is 1. The second-order valence-corrected chi connectivity index (χ2v) is 4.50. The lowest BCUT2D eigenvalue weighted by Gasteiger charge is -2.07. The van der Waals surface area contributed by atoms with Crippen LogP contribution >= 0.6 is 0 Å². The zero-order chi connectivity index (χ0) is 15.8. The second-order valence-electron chi connectivity index (χ2n) is 4.50. The van der Waals surface area contributed by atoms with Crippen molar-refractivity contribution in [1.82, 2.24) is 5.32 Å². The number of hydrogen-bond acceptors (Lipinski definition) is 5. The maximum atomic E-state index is 11.7. The molecule has 1 unspecified atom stereocenters. The van der Waals surface area contributed by atoms with Crippen LogP contribution in [0.5, 0.6) is 0 Å². The van der Waals surface area contributed by atoms with E-state index in [4.69, 9.17) is 10.8 Å². The number of unbranched alkanes of at least 4 members (excludes halogenated alkanes) is 1. The Morgan fingerprint density at radius 2 is 1.90 bits per heavy atom. The van der Waals surface area contributed by atoms with E-state index in [0.717, 1.165) is 0 Å². The summed E-state index contributed by atoms with van der Waals surface area (Å²) >= 11 is 0. The molecule has 0 aromatic heterocycles. The zero-order valence-electron chi connectivity index (χ0n) is 11.3. The maximum absolute atomic E-state index is 11.7. The third kappa shape index (κ3) is 5.57. The van der Waals surface area contributed by atoms with Crippen LogP contribution in [0.25, 0.3) is 0 Å². The van der Waals surface area contributed by atoms with E-state index in [9.17, 15) is 19.7 Å². The van der Waals surface area contributed by atoms with Crippen LogP contribution in [0.2, 0.25) is 0 Å². The highest BCUT2D eigenvalue weighted by Crippen LogP contribution is 2.11. The lowest BCUT2D eigenvalue weighted by atomic mass is 10.1. The summed E-state index contributed by atoms with van der Waals surface area (Å²) in [6.07, 6.45) is 1.55. The predicted octanol–water partition coefficient (Wildman–Crippen LogP) is 0.907. The summed E-state index contributed by atoms with van der Waals surface area (Å²) in [5, 5.41) is 21.7. The minimum Gasteiger partial charge on any atom is -0.480 e. The van der Waals surface area contributed by atoms with Crippen molar-refractivity contribution in [1.29, 1.82) is 0 Å². The molecular formula is C13H17N3O5. The molecule has 21 heavy (non-hydrogen) atoms. The Labute approximate surface area is 121 Å².